The molecule has 0 unspecified atom stereocenters. The summed E-state index contributed by atoms with van der Waals surface area (Å²) in [5, 5.41) is 2.23. The molecule has 133 heavy (non-hydrogen) atoms. The van der Waals surface area contributed by atoms with Crippen molar-refractivity contribution in [2.24, 2.45) is 0 Å². The van der Waals surface area contributed by atoms with Crippen LogP contribution in [0.3, 0.4) is 0 Å². The number of hydrogen-bond donors (Lipinski definition) is 0. The molecule has 23 aromatic rings. The molecule has 6 nitrogen and oxygen atoms in total. The number of aromatic nitrogens is 4. The van der Waals surface area contributed by atoms with Crippen LogP contribution < -0.4 is 26.2 Å². The Hall–Kier alpha value is -16.0. The van der Waals surface area contributed by atoms with Crippen molar-refractivity contribution >= 4 is 144 Å². The second-order valence-corrected chi connectivity index (χ2v) is 38.0. The molecule has 4 aromatic heterocycles. The lowest BCUT2D eigenvalue weighted by Gasteiger charge is -2.47. The highest BCUT2D eigenvalue weighted by molar-refractivity contribution is 7.00. The number of anilines is 6. The van der Waals surface area contributed by atoms with Gasteiger partial charge in [0, 0.05) is 111 Å². The summed E-state index contributed by atoms with van der Waals surface area (Å²) in [5.41, 5.74) is 10.1. The van der Waals surface area contributed by atoms with Gasteiger partial charge < -0.3 is 28.1 Å². The van der Waals surface area contributed by atoms with Crippen molar-refractivity contribution in [3.63, 3.8) is 0 Å². The molecule has 0 atom stereocenters. The first-order valence-corrected chi connectivity index (χ1v) is 45.2. The maximum atomic E-state index is 12.2. The number of hydrogen-bond acceptors (Lipinski definition) is 2. The Morgan fingerprint density at radius 2 is 0.534 bits per heavy atom. The fraction of sp³-hybridized carbons (Fsp3) is 0.0952. The van der Waals surface area contributed by atoms with E-state index < -0.39 is 155 Å². The second-order valence-electron chi connectivity index (χ2n) is 38.0. The highest BCUT2D eigenvalue weighted by atomic mass is 15.2. The van der Waals surface area contributed by atoms with Gasteiger partial charge in [0.15, 0.2) is 0 Å². The van der Waals surface area contributed by atoms with E-state index in [4.69, 9.17) is 0 Å². The molecule has 7 heteroatoms. The minimum Gasteiger partial charge on any atom is -0.310 e. The monoisotopic (exact) mass is 1720 g/mol. The van der Waals surface area contributed by atoms with E-state index in [2.05, 4.69) is 95.7 Å². The minimum atomic E-state index is -1.67. The largest absolute Gasteiger partial charge is 0.310 e. The van der Waals surface area contributed by atoms with Gasteiger partial charge in [0.2, 0.25) is 0 Å². The number of fused-ring (bicyclic) bond motifs is 16. The third-order valence-electron chi connectivity index (χ3n) is 26.9. The Morgan fingerprint density at radius 3 is 0.902 bits per heavy atom. The van der Waals surface area contributed by atoms with Crippen LogP contribution in [0.2, 0.25) is 0 Å². The lowest BCUT2D eigenvalue weighted by atomic mass is 9.33. The zero-order valence-corrected chi connectivity index (χ0v) is 74.6. The number of nitrogens with zero attached hydrogens (tertiary/aromatic N) is 6. The standard InChI is InChI=1S/C126H97BN6/c1-124(2,3)88-72-99(80-36-16-10-17-37-80)122(100(73-88)81-38-18-11-19-39-81)132-117-78-93(130-111-54-34-30-50-97(111)105-70-86(58-66-115(105)130)84-56-64-113-103(68-84)95-48-28-32-52-109(95)128(113)91-44-24-14-25-45-91)60-62-107(117)127-108-63-61-94(131-112-55-35-31-51-98(112)106-71-87(59-67-116(106)131)85-57-65-114-104(69-85)96-49-29-33-53-110(96)129(114)92-46-26-15-27-47-92)79-118(108)133(120-77-90(126(7,8)9)76-119(132)121(120)127)123-101(82-40-20-12-21-41-82)74-89(125(4,5)6)75-102(123)83-42-22-13-23-43-83/h10-79H,1-9H3/i30D,31D,34D,35D,50D,51D,54D,55D,58D,59D,60D,61D,62D,63D,66D,67D,70D,71D,78D,79D. The molecule has 0 N–H and O–H groups in total. The lowest BCUT2D eigenvalue weighted by molar-refractivity contribution is 0.590. The van der Waals surface area contributed by atoms with Crippen LogP contribution in [-0.2, 0) is 16.2 Å². The molecule has 0 radical (unpaired) electrons. The van der Waals surface area contributed by atoms with Crippen LogP contribution in [0.4, 0.5) is 34.1 Å². The normalized spacial score (nSPS) is 14.9. The predicted molar refractivity (Wildman–Crippen MR) is 567 cm³/mol. The summed E-state index contributed by atoms with van der Waals surface area (Å²) in [7, 11) is 0. The Morgan fingerprint density at radius 1 is 0.218 bits per heavy atom. The number of benzene rings is 19. The maximum Gasteiger partial charge on any atom is 0.252 e. The minimum absolute atomic E-state index is 0.0537. The van der Waals surface area contributed by atoms with Gasteiger partial charge in [0.25, 0.3) is 6.71 Å². The molecule has 634 valence electrons. The second kappa shape index (κ2) is 30.3. The van der Waals surface area contributed by atoms with Crippen molar-refractivity contribution in [3.8, 4) is 89.5 Å². The molecular formula is C126H97BN6. The van der Waals surface area contributed by atoms with Gasteiger partial charge in [0.1, 0.15) is 0 Å². The SMILES string of the molecule is [2H]c1c([2H])c(-n2c3c([2H])c([2H])c([2H])c([2H])c3c3c([2H])c(-c4ccc5c(c4)c4ccccc4n5-c4ccccc4)c([2H])c([2H])c32)c([2H])c2c1B1c3c(cc(C(C)(C)C)cc3N(c3c(-c4ccccc4)cc(C(C)(C)C)cc3-c3ccccc3)c3c([2H])c(-n4c5c([2H])c([2H])c([2H])c([2H])c5c5c([2H])c(-c6ccc7c(c6)c6ccccc6n7-c6ccccc6)c([2H])c([2H])c54)c([2H])c([2H])c31)N2c1c(-c2ccccc2)cc(C(C)(C)C)cc1-c1ccccc1. The Balaban J connectivity index is 0.859. The van der Waals surface area contributed by atoms with Crippen molar-refractivity contribution in [3.05, 3.63) is 441 Å². The van der Waals surface area contributed by atoms with Gasteiger partial charge in [-0.15, -0.1) is 0 Å². The maximum absolute atomic E-state index is 12.2. The van der Waals surface area contributed by atoms with Gasteiger partial charge >= 0.3 is 0 Å². The summed E-state index contributed by atoms with van der Waals surface area (Å²) in [6.45, 7) is 17.3. The molecule has 25 rings (SSSR count). The topological polar surface area (TPSA) is 26.2 Å². The van der Waals surface area contributed by atoms with Crippen LogP contribution in [0, 0.1) is 0 Å². The Kier molecular flexibility index (Phi) is 13.9. The van der Waals surface area contributed by atoms with E-state index in [-0.39, 0.29) is 77.0 Å². The molecule has 0 fully saturated rings. The summed E-state index contributed by atoms with van der Waals surface area (Å²) in [5.74, 6) is 0. The van der Waals surface area contributed by atoms with E-state index in [1.807, 2.05) is 277 Å². The summed E-state index contributed by atoms with van der Waals surface area (Å²) in [4.78, 5) is 3.91. The first-order chi connectivity index (χ1) is 73.3. The average molecular weight is 1730 g/mol. The quantitative estimate of drug-likeness (QED) is 0.114. The van der Waals surface area contributed by atoms with Crippen LogP contribution in [0.1, 0.15) is 106 Å². The van der Waals surface area contributed by atoms with Crippen LogP contribution in [-0.4, -0.2) is 25.0 Å². The molecular weight excluding hydrogens is 1610 g/mol. The molecule has 0 saturated heterocycles. The van der Waals surface area contributed by atoms with Crippen molar-refractivity contribution in [1.29, 1.82) is 0 Å². The molecule has 0 saturated carbocycles. The predicted octanol–water partition coefficient (Wildman–Crippen LogP) is 32.1. The molecule has 0 spiro atoms. The summed E-state index contributed by atoms with van der Waals surface area (Å²) >= 11 is 0. The third kappa shape index (κ3) is 12.8. The van der Waals surface area contributed by atoms with E-state index in [0.717, 1.165) is 66.1 Å². The Bertz CT molecular complexity index is 9310. The first kappa shape index (κ1) is 60.8. The van der Waals surface area contributed by atoms with E-state index in [0.29, 0.717) is 89.4 Å². The Labute approximate surface area is 804 Å². The van der Waals surface area contributed by atoms with Crippen LogP contribution in [0.25, 0.3) is 177 Å². The molecule has 0 aliphatic carbocycles. The van der Waals surface area contributed by atoms with Gasteiger partial charge in [-0.25, -0.2) is 0 Å². The van der Waals surface area contributed by atoms with E-state index >= 15 is 0 Å². The third-order valence-corrected chi connectivity index (χ3v) is 26.9. The molecule has 19 aromatic carbocycles. The highest BCUT2D eigenvalue weighted by Gasteiger charge is 2.47. The molecule has 0 amide bonds. The van der Waals surface area contributed by atoms with Gasteiger partial charge in [-0.2, -0.15) is 0 Å². The summed E-state index contributed by atoms with van der Waals surface area (Å²) in [6, 6.07) is 85.8. The molecule has 2 aliphatic rings. The van der Waals surface area contributed by atoms with Gasteiger partial charge in [-0.1, -0.05) is 329 Å². The fourth-order valence-electron chi connectivity index (χ4n) is 20.3. The molecule has 2 aliphatic heterocycles. The van der Waals surface area contributed by atoms with Crippen molar-refractivity contribution in [1.82, 2.24) is 18.3 Å². The highest BCUT2D eigenvalue weighted by Crippen LogP contribution is 2.57. The average Bonchev–Trinajstić information content (AvgIpc) is 1.63. The summed E-state index contributed by atoms with van der Waals surface area (Å²) < 4.78 is 222. The van der Waals surface area contributed by atoms with Gasteiger partial charge in [-0.3, -0.25) is 0 Å². The zero-order valence-electron chi connectivity index (χ0n) is 94.6. The zero-order chi connectivity index (χ0) is 107. The van der Waals surface area contributed by atoms with Crippen molar-refractivity contribution in [2.45, 2.75) is 78.6 Å². The van der Waals surface area contributed by atoms with Crippen molar-refractivity contribution < 1.29 is 27.4 Å². The molecule has 0 bridgehead atoms. The van der Waals surface area contributed by atoms with Gasteiger partial charge in [0.05, 0.1) is 82.9 Å². The van der Waals surface area contributed by atoms with E-state index in [1.54, 1.807) is 12.1 Å². The van der Waals surface area contributed by atoms with E-state index in [9.17, 15) is 27.4 Å². The van der Waals surface area contributed by atoms with Crippen molar-refractivity contribution in [2.75, 3.05) is 9.80 Å². The van der Waals surface area contributed by atoms with Gasteiger partial charge in [-0.05, 0) is 251 Å². The number of rotatable bonds is 12. The molecule has 6 heterocycles. The first-order valence-electron chi connectivity index (χ1n) is 55.2. The van der Waals surface area contributed by atoms with Crippen LogP contribution in [0.15, 0.2) is 424 Å². The number of para-hydroxylation sites is 6. The van der Waals surface area contributed by atoms with Crippen LogP contribution >= 0.6 is 0 Å². The lowest BCUT2D eigenvalue weighted by Crippen LogP contribution is -2.61. The fourth-order valence-corrected chi connectivity index (χ4v) is 20.3. The summed E-state index contributed by atoms with van der Waals surface area (Å²) in [6.07, 6.45) is 0. The smallest absolute Gasteiger partial charge is 0.252 e. The van der Waals surface area contributed by atoms with Crippen LogP contribution in [0.5, 0.6) is 0 Å². The van der Waals surface area contributed by atoms with E-state index in [1.165, 1.54) is 9.13 Å².